The second kappa shape index (κ2) is 7.54. The third kappa shape index (κ3) is 4.40. The summed E-state index contributed by atoms with van der Waals surface area (Å²) in [6, 6.07) is 1.87. The van der Waals surface area contributed by atoms with Gasteiger partial charge in [-0.2, -0.15) is 0 Å². The molecule has 2 aromatic rings. The Hall–Kier alpha value is -1.69. The van der Waals surface area contributed by atoms with Crippen LogP contribution in [0.2, 0.25) is 0 Å². The topological polar surface area (TPSA) is 64.0 Å². The van der Waals surface area contributed by atoms with Crippen molar-refractivity contribution < 1.29 is 4.79 Å². The van der Waals surface area contributed by atoms with E-state index in [-0.39, 0.29) is 24.1 Å². The van der Waals surface area contributed by atoms with E-state index in [0.717, 1.165) is 12.8 Å². The van der Waals surface area contributed by atoms with E-state index in [1.165, 1.54) is 28.7 Å². The average molecular weight is 321 g/mol. The van der Waals surface area contributed by atoms with Crippen LogP contribution >= 0.6 is 11.3 Å². The number of thiophene rings is 1. The van der Waals surface area contributed by atoms with Gasteiger partial charge in [0.25, 0.3) is 5.56 Å². The number of nitrogens with zero attached hydrogens (tertiary/aromatic N) is 2. The maximum absolute atomic E-state index is 12.2. The zero-order valence-electron chi connectivity index (χ0n) is 13.3. The van der Waals surface area contributed by atoms with Gasteiger partial charge in [-0.3, -0.25) is 14.2 Å². The Bertz CT molecular complexity index is 690. The lowest BCUT2D eigenvalue weighted by Crippen LogP contribution is -2.37. The van der Waals surface area contributed by atoms with Gasteiger partial charge in [0.1, 0.15) is 11.4 Å². The molecule has 5 nitrogen and oxygen atoms in total. The molecule has 0 aromatic carbocycles. The van der Waals surface area contributed by atoms with Gasteiger partial charge in [0, 0.05) is 6.04 Å². The van der Waals surface area contributed by atoms with E-state index >= 15 is 0 Å². The van der Waals surface area contributed by atoms with Gasteiger partial charge >= 0.3 is 0 Å². The highest BCUT2D eigenvalue weighted by molar-refractivity contribution is 7.16. The molecular weight excluding hydrogens is 298 g/mol. The lowest BCUT2D eigenvalue weighted by Gasteiger charge is -2.15. The lowest BCUT2D eigenvalue weighted by molar-refractivity contribution is -0.122. The summed E-state index contributed by atoms with van der Waals surface area (Å²) in [5.41, 5.74) is -0.158. The normalized spacial score (nSPS) is 12.7. The Morgan fingerprint density at radius 2 is 2.14 bits per heavy atom. The number of aromatic nitrogens is 2. The first kappa shape index (κ1) is 16.7. The first-order valence-electron chi connectivity index (χ1n) is 7.69. The van der Waals surface area contributed by atoms with Gasteiger partial charge in [0.05, 0.1) is 11.7 Å². The summed E-state index contributed by atoms with van der Waals surface area (Å²) in [5, 5.41) is 5.36. The monoisotopic (exact) mass is 321 g/mol. The molecule has 120 valence electrons. The number of hydrogen-bond acceptors (Lipinski definition) is 4. The van der Waals surface area contributed by atoms with Crippen molar-refractivity contribution >= 4 is 27.5 Å². The zero-order valence-corrected chi connectivity index (χ0v) is 14.2. The standard InChI is InChI=1S/C16H23N3O2S/c1-11(2)5-4-6-12(3)18-14(20)9-19-10-17-15-13(16(19)21)7-8-22-15/h7-8,10-12H,4-6,9H2,1-3H3,(H,18,20). The van der Waals surface area contributed by atoms with E-state index in [1.54, 1.807) is 6.07 Å². The molecule has 0 fully saturated rings. The number of fused-ring (bicyclic) bond motifs is 1. The highest BCUT2D eigenvalue weighted by atomic mass is 32.1. The number of hydrogen-bond donors (Lipinski definition) is 1. The summed E-state index contributed by atoms with van der Waals surface area (Å²) in [7, 11) is 0. The molecule has 0 aliphatic carbocycles. The molecule has 0 aliphatic heterocycles. The van der Waals surface area contributed by atoms with Crippen LogP contribution in [0.1, 0.15) is 40.0 Å². The van der Waals surface area contributed by atoms with E-state index in [0.29, 0.717) is 16.1 Å². The van der Waals surface area contributed by atoms with E-state index < -0.39 is 0 Å². The molecule has 1 unspecified atom stereocenters. The fourth-order valence-electron chi connectivity index (χ4n) is 2.39. The van der Waals surface area contributed by atoms with Crippen LogP contribution in [-0.2, 0) is 11.3 Å². The molecule has 2 rings (SSSR count). The van der Waals surface area contributed by atoms with Crippen molar-refractivity contribution in [3.63, 3.8) is 0 Å². The Balaban J connectivity index is 1.90. The fraction of sp³-hybridized carbons (Fsp3) is 0.562. The fourth-order valence-corrected chi connectivity index (χ4v) is 3.11. The Labute approximate surface area is 134 Å². The highest BCUT2D eigenvalue weighted by Crippen LogP contribution is 2.13. The maximum Gasteiger partial charge on any atom is 0.262 e. The van der Waals surface area contributed by atoms with E-state index in [2.05, 4.69) is 24.1 Å². The maximum atomic E-state index is 12.2. The molecule has 2 heterocycles. The van der Waals surface area contributed by atoms with Crippen LogP contribution in [0.5, 0.6) is 0 Å². The van der Waals surface area contributed by atoms with Crippen molar-refractivity contribution in [1.29, 1.82) is 0 Å². The summed E-state index contributed by atoms with van der Waals surface area (Å²) < 4.78 is 1.37. The minimum absolute atomic E-state index is 0.0200. The minimum Gasteiger partial charge on any atom is -0.352 e. The number of amides is 1. The van der Waals surface area contributed by atoms with Crippen molar-refractivity contribution in [2.24, 2.45) is 5.92 Å². The van der Waals surface area contributed by atoms with E-state index in [9.17, 15) is 9.59 Å². The average Bonchev–Trinajstić information content (AvgIpc) is 2.90. The summed E-state index contributed by atoms with van der Waals surface area (Å²) >= 11 is 1.43. The van der Waals surface area contributed by atoms with Crippen LogP contribution in [0.3, 0.4) is 0 Å². The number of nitrogens with one attached hydrogen (secondary N) is 1. The van der Waals surface area contributed by atoms with Crippen LogP contribution in [0, 0.1) is 5.92 Å². The highest BCUT2D eigenvalue weighted by Gasteiger charge is 2.11. The van der Waals surface area contributed by atoms with Crippen LogP contribution in [0.15, 0.2) is 22.6 Å². The summed E-state index contributed by atoms with van der Waals surface area (Å²) in [6.07, 6.45) is 4.67. The molecule has 0 bridgehead atoms. The van der Waals surface area contributed by atoms with Crippen molar-refractivity contribution in [3.8, 4) is 0 Å². The van der Waals surface area contributed by atoms with Crippen LogP contribution in [0.4, 0.5) is 0 Å². The molecule has 1 atom stereocenters. The zero-order chi connectivity index (χ0) is 16.1. The third-order valence-corrected chi connectivity index (χ3v) is 4.41. The van der Waals surface area contributed by atoms with Gasteiger partial charge in [-0.25, -0.2) is 4.98 Å². The SMILES string of the molecule is CC(C)CCCC(C)NC(=O)Cn1cnc2sccc2c1=O. The smallest absolute Gasteiger partial charge is 0.262 e. The lowest BCUT2D eigenvalue weighted by atomic mass is 10.0. The van der Waals surface area contributed by atoms with Gasteiger partial charge in [-0.05, 0) is 30.7 Å². The summed E-state index contributed by atoms with van der Waals surface area (Å²) in [4.78, 5) is 29.2. The van der Waals surface area contributed by atoms with Crippen molar-refractivity contribution in [3.05, 3.63) is 28.1 Å². The molecule has 0 saturated carbocycles. The second-order valence-corrected chi connectivity index (χ2v) is 7.00. The molecule has 0 saturated heterocycles. The largest absolute Gasteiger partial charge is 0.352 e. The Morgan fingerprint density at radius 1 is 1.36 bits per heavy atom. The molecule has 0 spiro atoms. The molecule has 1 amide bonds. The predicted molar refractivity (Wildman–Crippen MR) is 90.2 cm³/mol. The van der Waals surface area contributed by atoms with Gasteiger partial charge in [-0.1, -0.05) is 26.7 Å². The van der Waals surface area contributed by atoms with Crippen LogP contribution in [-0.4, -0.2) is 21.5 Å². The van der Waals surface area contributed by atoms with Crippen molar-refractivity contribution in [2.45, 2.75) is 52.6 Å². The molecule has 1 N–H and O–H groups in total. The third-order valence-electron chi connectivity index (χ3n) is 3.59. The number of carbonyl (C=O) groups excluding carboxylic acids is 1. The summed E-state index contributed by atoms with van der Waals surface area (Å²) in [6.45, 7) is 6.42. The molecule has 0 aliphatic rings. The van der Waals surface area contributed by atoms with Crippen LogP contribution in [0.25, 0.3) is 10.2 Å². The number of carbonyl (C=O) groups is 1. The van der Waals surface area contributed by atoms with Gasteiger partial charge in [0.15, 0.2) is 0 Å². The van der Waals surface area contributed by atoms with Crippen molar-refractivity contribution in [1.82, 2.24) is 14.9 Å². The molecule has 22 heavy (non-hydrogen) atoms. The number of rotatable bonds is 7. The van der Waals surface area contributed by atoms with Gasteiger partial charge in [0.2, 0.25) is 5.91 Å². The molecule has 6 heteroatoms. The van der Waals surface area contributed by atoms with E-state index in [1.807, 2.05) is 12.3 Å². The van der Waals surface area contributed by atoms with Gasteiger partial charge < -0.3 is 5.32 Å². The first-order valence-corrected chi connectivity index (χ1v) is 8.57. The summed E-state index contributed by atoms with van der Waals surface area (Å²) in [5.74, 6) is 0.542. The second-order valence-electron chi connectivity index (χ2n) is 6.11. The Kier molecular flexibility index (Phi) is 5.71. The minimum atomic E-state index is -0.158. The van der Waals surface area contributed by atoms with Crippen LogP contribution < -0.4 is 10.9 Å². The molecular formula is C16H23N3O2S. The molecule has 2 aromatic heterocycles. The Morgan fingerprint density at radius 3 is 2.86 bits per heavy atom. The van der Waals surface area contributed by atoms with Crippen molar-refractivity contribution in [2.75, 3.05) is 0 Å². The molecule has 0 radical (unpaired) electrons. The quantitative estimate of drug-likeness (QED) is 0.853. The first-order chi connectivity index (χ1) is 10.5. The van der Waals surface area contributed by atoms with Gasteiger partial charge in [-0.15, -0.1) is 11.3 Å². The van der Waals surface area contributed by atoms with E-state index in [4.69, 9.17) is 0 Å². The predicted octanol–water partition coefficient (Wildman–Crippen LogP) is 2.79.